The molecular formula is C17H15NO. The Balaban J connectivity index is 2.19. The van der Waals surface area contributed by atoms with Gasteiger partial charge in [0.2, 0.25) is 0 Å². The molecule has 2 aromatic carbocycles. The van der Waals surface area contributed by atoms with Gasteiger partial charge in [0.15, 0.2) is 0 Å². The van der Waals surface area contributed by atoms with Crippen molar-refractivity contribution in [3.63, 3.8) is 0 Å². The van der Waals surface area contributed by atoms with Crippen LogP contribution in [0.25, 0.3) is 5.57 Å². The normalized spacial score (nSPS) is 17.6. The van der Waals surface area contributed by atoms with E-state index < -0.39 is 0 Å². The molecule has 1 unspecified atom stereocenters. The van der Waals surface area contributed by atoms with Gasteiger partial charge in [-0.05, 0) is 16.7 Å². The first-order chi connectivity index (χ1) is 9.31. The lowest BCUT2D eigenvalue weighted by atomic mass is 9.88. The van der Waals surface area contributed by atoms with E-state index in [9.17, 15) is 4.79 Å². The van der Waals surface area contributed by atoms with Crippen LogP contribution in [-0.2, 0) is 4.79 Å². The second-order valence-electron chi connectivity index (χ2n) is 4.74. The first-order valence-electron chi connectivity index (χ1n) is 6.35. The Kier molecular flexibility index (Phi) is 2.92. The first-order valence-corrected chi connectivity index (χ1v) is 6.35. The molecule has 0 amide bonds. The van der Waals surface area contributed by atoms with Gasteiger partial charge in [-0.15, -0.1) is 0 Å². The summed E-state index contributed by atoms with van der Waals surface area (Å²) in [5, 5.41) is 0. The highest BCUT2D eigenvalue weighted by molar-refractivity contribution is 5.85. The van der Waals surface area contributed by atoms with Crippen LogP contribution in [-0.4, -0.2) is 18.2 Å². The average molecular weight is 249 g/mol. The number of aldehydes is 1. The van der Waals surface area contributed by atoms with E-state index in [1.165, 1.54) is 5.56 Å². The van der Waals surface area contributed by atoms with E-state index in [-0.39, 0.29) is 6.04 Å². The molecule has 0 aliphatic carbocycles. The lowest BCUT2D eigenvalue weighted by molar-refractivity contribution is -0.111. The summed E-state index contributed by atoms with van der Waals surface area (Å²) in [6.07, 6.45) is 3.05. The number of fused-ring (bicyclic) bond motifs is 1. The minimum Gasteiger partial charge on any atom is -0.366 e. The second kappa shape index (κ2) is 4.73. The van der Waals surface area contributed by atoms with E-state index in [1.54, 1.807) is 0 Å². The maximum absolute atomic E-state index is 11.3. The summed E-state index contributed by atoms with van der Waals surface area (Å²) in [6, 6.07) is 18.2. The number of rotatable bonds is 2. The molecule has 1 atom stereocenters. The van der Waals surface area contributed by atoms with Crippen LogP contribution in [0.3, 0.4) is 0 Å². The van der Waals surface area contributed by atoms with E-state index in [1.807, 2.05) is 48.3 Å². The van der Waals surface area contributed by atoms with Crippen LogP contribution in [0.5, 0.6) is 0 Å². The Morgan fingerprint density at radius 1 is 1.00 bits per heavy atom. The van der Waals surface area contributed by atoms with Crippen LogP contribution in [0.1, 0.15) is 22.7 Å². The Labute approximate surface area is 113 Å². The lowest BCUT2D eigenvalue weighted by Gasteiger charge is -2.31. The van der Waals surface area contributed by atoms with Gasteiger partial charge in [0.05, 0.1) is 0 Å². The van der Waals surface area contributed by atoms with E-state index >= 15 is 0 Å². The molecule has 2 aromatic rings. The Morgan fingerprint density at radius 3 is 2.42 bits per heavy atom. The highest BCUT2D eigenvalue weighted by Gasteiger charge is 2.24. The Hall–Kier alpha value is -2.35. The Bertz CT molecular complexity index is 631. The highest BCUT2D eigenvalue weighted by atomic mass is 16.1. The summed E-state index contributed by atoms with van der Waals surface area (Å²) in [5.74, 6) is 0. The number of hydrogen-bond acceptors (Lipinski definition) is 2. The molecular weight excluding hydrogens is 234 g/mol. The summed E-state index contributed by atoms with van der Waals surface area (Å²) in [7, 11) is 1.94. The third-order valence-electron chi connectivity index (χ3n) is 3.55. The average Bonchev–Trinajstić information content (AvgIpc) is 2.47. The number of likely N-dealkylation sites (N-methyl/N-ethyl adjacent to an activating group) is 1. The van der Waals surface area contributed by atoms with E-state index in [4.69, 9.17) is 0 Å². The minimum absolute atomic E-state index is 0.191. The van der Waals surface area contributed by atoms with Crippen LogP contribution < -0.4 is 0 Å². The molecule has 1 aliphatic heterocycles. The highest BCUT2D eigenvalue weighted by Crippen LogP contribution is 2.36. The summed E-state index contributed by atoms with van der Waals surface area (Å²) in [4.78, 5) is 13.3. The molecule has 3 rings (SSSR count). The summed E-state index contributed by atoms with van der Waals surface area (Å²) >= 11 is 0. The zero-order valence-electron chi connectivity index (χ0n) is 10.8. The minimum atomic E-state index is -0.191. The van der Waals surface area contributed by atoms with Crippen molar-refractivity contribution < 1.29 is 4.79 Å². The number of benzene rings is 2. The summed E-state index contributed by atoms with van der Waals surface area (Å²) < 4.78 is 0. The fourth-order valence-electron chi connectivity index (χ4n) is 2.59. The van der Waals surface area contributed by atoms with Gasteiger partial charge in [0.25, 0.3) is 0 Å². The number of nitrogens with zero attached hydrogens (tertiary/aromatic N) is 1. The third kappa shape index (κ3) is 1.95. The van der Waals surface area contributed by atoms with Crippen LogP contribution >= 0.6 is 0 Å². The van der Waals surface area contributed by atoms with Gasteiger partial charge in [-0.2, -0.15) is 0 Å². The van der Waals surface area contributed by atoms with Crippen LogP contribution in [0.15, 0.2) is 60.8 Å². The standard InChI is InChI=1S/C17H15NO/c1-18-11-16(13-7-3-2-4-8-13)14-9-5-6-10-15(14)17(18)12-19/h2-12,17H,1H3. The van der Waals surface area contributed by atoms with Crippen molar-refractivity contribution in [3.8, 4) is 0 Å². The SMILES string of the molecule is CN1C=C(c2ccccc2)c2ccccc2C1C=O. The fourth-order valence-corrected chi connectivity index (χ4v) is 2.59. The predicted molar refractivity (Wildman–Crippen MR) is 76.5 cm³/mol. The molecule has 0 saturated heterocycles. The first kappa shape index (κ1) is 11.7. The van der Waals surface area contributed by atoms with Gasteiger partial charge < -0.3 is 9.69 Å². The largest absolute Gasteiger partial charge is 0.366 e. The molecule has 2 nitrogen and oxygen atoms in total. The molecule has 0 radical (unpaired) electrons. The Morgan fingerprint density at radius 2 is 1.68 bits per heavy atom. The molecule has 1 aliphatic rings. The van der Waals surface area contributed by atoms with Crippen LogP contribution in [0.2, 0.25) is 0 Å². The van der Waals surface area contributed by atoms with Gasteiger partial charge in [-0.1, -0.05) is 54.6 Å². The smallest absolute Gasteiger partial charge is 0.146 e. The number of hydrogen-bond donors (Lipinski definition) is 0. The molecule has 0 spiro atoms. The fraction of sp³-hybridized carbons (Fsp3) is 0.118. The number of carbonyl (C=O) groups is 1. The molecule has 0 aromatic heterocycles. The summed E-state index contributed by atoms with van der Waals surface area (Å²) in [6.45, 7) is 0. The molecule has 94 valence electrons. The maximum atomic E-state index is 11.3. The van der Waals surface area contributed by atoms with Crippen molar-refractivity contribution in [2.45, 2.75) is 6.04 Å². The zero-order chi connectivity index (χ0) is 13.2. The van der Waals surface area contributed by atoms with Gasteiger partial charge >= 0.3 is 0 Å². The van der Waals surface area contributed by atoms with E-state index in [2.05, 4.69) is 24.4 Å². The molecule has 19 heavy (non-hydrogen) atoms. The van der Waals surface area contributed by atoms with E-state index in [0.717, 1.165) is 23.0 Å². The third-order valence-corrected chi connectivity index (χ3v) is 3.55. The lowest BCUT2D eigenvalue weighted by Crippen LogP contribution is -2.25. The zero-order valence-corrected chi connectivity index (χ0v) is 10.8. The molecule has 0 bridgehead atoms. The second-order valence-corrected chi connectivity index (χ2v) is 4.74. The molecule has 0 N–H and O–H groups in total. The van der Waals surface area contributed by atoms with Gasteiger partial charge in [0, 0.05) is 18.8 Å². The van der Waals surface area contributed by atoms with Crippen molar-refractivity contribution in [1.29, 1.82) is 0 Å². The van der Waals surface area contributed by atoms with Crippen LogP contribution in [0.4, 0.5) is 0 Å². The molecule has 0 saturated carbocycles. The molecule has 1 heterocycles. The summed E-state index contributed by atoms with van der Waals surface area (Å²) in [5.41, 5.74) is 4.55. The molecule has 0 fully saturated rings. The topological polar surface area (TPSA) is 20.3 Å². The number of carbonyl (C=O) groups excluding carboxylic acids is 1. The van der Waals surface area contributed by atoms with Crippen molar-refractivity contribution in [2.24, 2.45) is 0 Å². The van der Waals surface area contributed by atoms with Crippen molar-refractivity contribution in [2.75, 3.05) is 7.05 Å². The predicted octanol–water partition coefficient (Wildman–Crippen LogP) is 3.26. The van der Waals surface area contributed by atoms with Crippen molar-refractivity contribution in [3.05, 3.63) is 77.5 Å². The quantitative estimate of drug-likeness (QED) is 0.761. The van der Waals surface area contributed by atoms with Crippen LogP contribution in [0, 0.1) is 0 Å². The monoisotopic (exact) mass is 249 g/mol. The van der Waals surface area contributed by atoms with Gasteiger partial charge in [-0.25, -0.2) is 0 Å². The van der Waals surface area contributed by atoms with E-state index in [0.29, 0.717) is 0 Å². The maximum Gasteiger partial charge on any atom is 0.146 e. The van der Waals surface area contributed by atoms with Crippen molar-refractivity contribution in [1.82, 2.24) is 4.90 Å². The van der Waals surface area contributed by atoms with Gasteiger partial charge in [0.1, 0.15) is 12.3 Å². The molecule has 2 heteroatoms. The van der Waals surface area contributed by atoms with Gasteiger partial charge in [-0.3, -0.25) is 0 Å². The van der Waals surface area contributed by atoms with Crippen molar-refractivity contribution >= 4 is 11.9 Å².